The Bertz CT molecular complexity index is 913. The molecule has 0 fully saturated rings. The molecule has 8 heteroatoms. The Balaban J connectivity index is 1.71. The van der Waals surface area contributed by atoms with Crippen LogP contribution in [0.4, 0.5) is 9.52 Å². The molecule has 0 spiro atoms. The minimum atomic E-state index is -0.287. The van der Waals surface area contributed by atoms with Crippen molar-refractivity contribution in [2.24, 2.45) is 5.10 Å². The van der Waals surface area contributed by atoms with E-state index >= 15 is 0 Å². The Hall–Kier alpha value is -2.64. The van der Waals surface area contributed by atoms with Crippen LogP contribution in [0, 0.1) is 5.82 Å². The number of thiazole rings is 1. The highest BCUT2D eigenvalue weighted by atomic mass is 35.5. The number of hydrazone groups is 1. The van der Waals surface area contributed by atoms with E-state index in [1.807, 2.05) is 5.38 Å². The fourth-order valence-electron chi connectivity index (χ4n) is 2.06. The van der Waals surface area contributed by atoms with E-state index in [2.05, 4.69) is 15.5 Å². The molecule has 0 saturated carbocycles. The summed E-state index contributed by atoms with van der Waals surface area (Å²) >= 11 is 7.30. The lowest BCUT2D eigenvalue weighted by Crippen LogP contribution is -1.92. The summed E-state index contributed by atoms with van der Waals surface area (Å²) in [5, 5.41) is 16.4. The van der Waals surface area contributed by atoms with Crippen LogP contribution in [0.1, 0.15) is 5.56 Å². The maximum atomic E-state index is 13.0. The van der Waals surface area contributed by atoms with Crippen molar-refractivity contribution in [1.82, 2.24) is 4.98 Å². The lowest BCUT2D eigenvalue weighted by Gasteiger charge is -2.05. The third-order valence-electron chi connectivity index (χ3n) is 3.29. The van der Waals surface area contributed by atoms with Gasteiger partial charge >= 0.3 is 0 Å². The zero-order valence-electron chi connectivity index (χ0n) is 13.0. The van der Waals surface area contributed by atoms with Crippen molar-refractivity contribution in [1.29, 1.82) is 0 Å². The van der Waals surface area contributed by atoms with E-state index in [-0.39, 0.29) is 22.3 Å². The molecule has 0 saturated heterocycles. The first kappa shape index (κ1) is 17.2. The Morgan fingerprint density at radius 2 is 2.08 bits per heavy atom. The summed E-state index contributed by atoms with van der Waals surface area (Å²) in [6.07, 6.45) is 1.53. The Morgan fingerprint density at radius 3 is 2.80 bits per heavy atom. The summed E-state index contributed by atoms with van der Waals surface area (Å²) in [6, 6.07) is 9.29. The van der Waals surface area contributed by atoms with Crippen LogP contribution >= 0.6 is 22.9 Å². The number of aromatic nitrogens is 1. The third kappa shape index (κ3) is 4.07. The van der Waals surface area contributed by atoms with Crippen molar-refractivity contribution in [3.8, 4) is 22.8 Å². The first-order valence-corrected chi connectivity index (χ1v) is 8.39. The Kier molecular flexibility index (Phi) is 5.16. The SMILES string of the molecule is COc1cc(/C=N\Nc2nc(-c3ccc(F)cc3)cs2)cc(Cl)c1O. The van der Waals surface area contributed by atoms with Gasteiger partial charge in [-0.2, -0.15) is 5.10 Å². The Labute approximate surface area is 152 Å². The zero-order chi connectivity index (χ0) is 17.8. The van der Waals surface area contributed by atoms with Crippen LogP contribution in [0.2, 0.25) is 5.02 Å². The van der Waals surface area contributed by atoms with Crippen LogP contribution in [0.25, 0.3) is 11.3 Å². The van der Waals surface area contributed by atoms with E-state index < -0.39 is 0 Å². The number of phenols is 1. The molecule has 1 aromatic heterocycles. The monoisotopic (exact) mass is 377 g/mol. The number of methoxy groups -OCH3 is 1. The molecular weight excluding hydrogens is 365 g/mol. The molecule has 0 unspecified atom stereocenters. The number of ether oxygens (including phenoxy) is 1. The van der Waals surface area contributed by atoms with E-state index in [1.165, 1.54) is 36.8 Å². The molecule has 0 aliphatic heterocycles. The van der Waals surface area contributed by atoms with Crippen LogP contribution in [0.5, 0.6) is 11.5 Å². The number of nitrogens with zero attached hydrogens (tertiary/aromatic N) is 2. The molecule has 0 atom stereocenters. The molecule has 5 nitrogen and oxygen atoms in total. The smallest absolute Gasteiger partial charge is 0.203 e. The summed E-state index contributed by atoms with van der Waals surface area (Å²) < 4.78 is 18.0. The van der Waals surface area contributed by atoms with Gasteiger partial charge in [0.15, 0.2) is 11.5 Å². The second kappa shape index (κ2) is 7.50. The van der Waals surface area contributed by atoms with Crippen molar-refractivity contribution >= 4 is 34.3 Å². The number of aromatic hydroxyl groups is 1. The van der Waals surface area contributed by atoms with Crippen LogP contribution < -0.4 is 10.2 Å². The topological polar surface area (TPSA) is 66.7 Å². The molecule has 0 aliphatic carbocycles. The number of rotatable bonds is 5. The number of halogens is 2. The first-order valence-electron chi connectivity index (χ1n) is 7.14. The van der Waals surface area contributed by atoms with E-state index in [0.29, 0.717) is 10.7 Å². The Morgan fingerprint density at radius 1 is 1.32 bits per heavy atom. The van der Waals surface area contributed by atoms with Gasteiger partial charge in [-0.05, 0) is 42.0 Å². The molecule has 0 bridgehead atoms. The van der Waals surface area contributed by atoms with Gasteiger partial charge < -0.3 is 9.84 Å². The number of benzene rings is 2. The minimum Gasteiger partial charge on any atom is -0.503 e. The summed E-state index contributed by atoms with van der Waals surface area (Å²) in [4.78, 5) is 4.39. The number of nitrogens with one attached hydrogen (secondary N) is 1. The summed E-state index contributed by atoms with van der Waals surface area (Å²) in [5.74, 6) is -0.134. The van der Waals surface area contributed by atoms with Crippen molar-refractivity contribution in [3.05, 3.63) is 58.2 Å². The summed E-state index contributed by atoms with van der Waals surface area (Å²) in [7, 11) is 1.44. The molecule has 128 valence electrons. The molecular formula is C17H13ClFN3O2S. The third-order valence-corrected chi connectivity index (χ3v) is 4.32. The van der Waals surface area contributed by atoms with Gasteiger partial charge in [0.05, 0.1) is 24.0 Å². The summed E-state index contributed by atoms with van der Waals surface area (Å²) in [6.45, 7) is 0. The van der Waals surface area contributed by atoms with Crippen LogP contribution in [0.15, 0.2) is 46.9 Å². The molecule has 2 aromatic carbocycles. The normalized spacial score (nSPS) is 11.0. The molecule has 25 heavy (non-hydrogen) atoms. The van der Waals surface area contributed by atoms with Gasteiger partial charge in [-0.3, -0.25) is 5.43 Å². The average molecular weight is 378 g/mol. The molecule has 3 rings (SSSR count). The van der Waals surface area contributed by atoms with Gasteiger partial charge in [-0.15, -0.1) is 11.3 Å². The van der Waals surface area contributed by atoms with Crippen molar-refractivity contribution < 1.29 is 14.2 Å². The largest absolute Gasteiger partial charge is 0.503 e. The highest BCUT2D eigenvalue weighted by molar-refractivity contribution is 7.14. The molecule has 2 N–H and O–H groups in total. The minimum absolute atomic E-state index is 0.113. The molecule has 3 aromatic rings. The molecule has 0 aliphatic rings. The fraction of sp³-hybridized carbons (Fsp3) is 0.0588. The lowest BCUT2D eigenvalue weighted by atomic mass is 10.2. The summed E-state index contributed by atoms with van der Waals surface area (Å²) in [5.41, 5.74) is 5.03. The predicted molar refractivity (Wildman–Crippen MR) is 98.4 cm³/mol. The quantitative estimate of drug-likeness (QED) is 0.496. The molecule has 0 radical (unpaired) electrons. The highest BCUT2D eigenvalue weighted by Gasteiger charge is 2.08. The number of hydrogen-bond acceptors (Lipinski definition) is 6. The second-order valence-corrected chi connectivity index (χ2v) is 6.23. The highest BCUT2D eigenvalue weighted by Crippen LogP contribution is 2.34. The van der Waals surface area contributed by atoms with Gasteiger partial charge in [0.25, 0.3) is 0 Å². The lowest BCUT2D eigenvalue weighted by molar-refractivity contribution is 0.373. The van der Waals surface area contributed by atoms with Gasteiger partial charge in [-0.1, -0.05) is 11.6 Å². The maximum absolute atomic E-state index is 13.0. The van der Waals surface area contributed by atoms with E-state index in [1.54, 1.807) is 24.3 Å². The predicted octanol–water partition coefficient (Wildman–Crippen LogP) is 4.76. The number of phenolic OH excluding ortho intramolecular Hbond substituents is 1. The maximum Gasteiger partial charge on any atom is 0.203 e. The van der Waals surface area contributed by atoms with Crippen molar-refractivity contribution in [3.63, 3.8) is 0 Å². The van der Waals surface area contributed by atoms with E-state index in [9.17, 15) is 9.50 Å². The number of anilines is 1. The average Bonchev–Trinajstić information content (AvgIpc) is 3.07. The standard InChI is InChI=1S/C17H13ClFN3O2S/c1-24-15-7-10(6-13(18)16(15)23)8-20-22-17-21-14(9-25-17)11-2-4-12(19)5-3-11/h2-9,23H,1H3,(H,21,22)/b20-8-. The van der Waals surface area contributed by atoms with Crippen molar-refractivity contribution in [2.75, 3.05) is 12.5 Å². The van der Waals surface area contributed by atoms with E-state index in [0.717, 1.165) is 11.3 Å². The van der Waals surface area contributed by atoms with Gasteiger partial charge in [-0.25, -0.2) is 9.37 Å². The van der Waals surface area contributed by atoms with Gasteiger partial charge in [0, 0.05) is 10.9 Å². The first-order chi connectivity index (χ1) is 12.1. The molecule has 1 heterocycles. The van der Waals surface area contributed by atoms with Gasteiger partial charge in [0.2, 0.25) is 5.13 Å². The van der Waals surface area contributed by atoms with E-state index in [4.69, 9.17) is 16.3 Å². The van der Waals surface area contributed by atoms with Crippen LogP contribution in [-0.4, -0.2) is 23.4 Å². The van der Waals surface area contributed by atoms with Crippen LogP contribution in [-0.2, 0) is 0 Å². The number of hydrogen-bond donors (Lipinski definition) is 2. The second-order valence-electron chi connectivity index (χ2n) is 4.97. The van der Waals surface area contributed by atoms with Crippen molar-refractivity contribution in [2.45, 2.75) is 0 Å². The fourth-order valence-corrected chi connectivity index (χ4v) is 2.95. The van der Waals surface area contributed by atoms with Gasteiger partial charge in [0.1, 0.15) is 5.82 Å². The van der Waals surface area contributed by atoms with Crippen LogP contribution in [0.3, 0.4) is 0 Å². The zero-order valence-corrected chi connectivity index (χ0v) is 14.6. The molecule has 0 amide bonds.